The first-order valence-corrected chi connectivity index (χ1v) is 9.05. The summed E-state index contributed by atoms with van der Waals surface area (Å²) < 4.78 is 3.78. The smallest absolute Gasteiger partial charge is 0.256 e. The average Bonchev–Trinajstić information content (AvgIpc) is 3.22. The van der Waals surface area contributed by atoms with Crippen molar-refractivity contribution in [1.82, 2.24) is 19.7 Å². The van der Waals surface area contributed by atoms with Gasteiger partial charge in [0.15, 0.2) is 5.82 Å². The van der Waals surface area contributed by atoms with Crippen LogP contribution in [-0.4, -0.2) is 26.8 Å². The highest BCUT2D eigenvalue weighted by atomic mass is 16.1. The molecule has 0 radical (unpaired) electrons. The number of rotatable bonds is 6. The van der Waals surface area contributed by atoms with Gasteiger partial charge in [-0.05, 0) is 50.5 Å². The SMILES string of the molecule is Cc1ccc(-n2nc(C)c(C(=O)NCCC(C)C)c2-n2cccc2)cc1. The lowest BCUT2D eigenvalue weighted by molar-refractivity contribution is 0.0951. The van der Waals surface area contributed by atoms with Gasteiger partial charge in [0.25, 0.3) is 5.91 Å². The third-order valence-electron chi connectivity index (χ3n) is 4.40. The number of carbonyl (C=O) groups excluding carboxylic acids is 1. The van der Waals surface area contributed by atoms with E-state index in [9.17, 15) is 4.79 Å². The summed E-state index contributed by atoms with van der Waals surface area (Å²) >= 11 is 0. The number of nitrogens with zero attached hydrogens (tertiary/aromatic N) is 3. The Balaban J connectivity index is 2.04. The van der Waals surface area contributed by atoms with Gasteiger partial charge in [0.2, 0.25) is 0 Å². The number of hydrogen-bond donors (Lipinski definition) is 1. The van der Waals surface area contributed by atoms with Gasteiger partial charge in [-0.15, -0.1) is 0 Å². The molecule has 0 saturated heterocycles. The summed E-state index contributed by atoms with van der Waals surface area (Å²) in [6.07, 6.45) is 4.83. The average molecular weight is 350 g/mol. The minimum absolute atomic E-state index is 0.0785. The van der Waals surface area contributed by atoms with Crippen LogP contribution in [0.1, 0.15) is 41.9 Å². The Morgan fingerprint density at radius 2 is 1.77 bits per heavy atom. The van der Waals surface area contributed by atoms with Gasteiger partial charge >= 0.3 is 0 Å². The van der Waals surface area contributed by atoms with Gasteiger partial charge in [0.1, 0.15) is 5.56 Å². The second-order valence-electron chi connectivity index (χ2n) is 7.06. The topological polar surface area (TPSA) is 51.9 Å². The van der Waals surface area contributed by atoms with E-state index in [1.807, 2.05) is 65.0 Å². The van der Waals surface area contributed by atoms with Crippen molar-refractivity contribution in [3.05, 3.63) is 65.6 Å². The van der Waals surface area contributed by atoms with Crippen LogP contribution in [0.4, 0.5) is 0 Å². The van der Waals surface area contributed by atoms with Crippen LogP contribution in [0.15, 0.2) is 48.8 Å². The fourth-order valence-corrected chi connectivity index (χ4v) is 2.92. The van der Waals surface area contributed by atoms with Crippen molar-refractivity contribution < 1.29 is 4.79 Å². The van der Waals surface area contributed by atoms with Crippen molar-refractivity contribution >= 4 is 5.91 Å². The van der Waals surface area contributed by atoms with E-state index >= 15 is 0 Å². The molecule has 3 rings (SSSR count). The van der Waals surface area contributed by atoms with E-state index in [1.54, 1.807) is 0 Å². The predicted molar refractivity (Wildman–Crippen MR) is 104 cm³/mol. The quantitative estimate of drug-likeness (QED) is 0.729. The second kappa shape index (κ2) is 7.60. The molecule has 0 spiro atoms. The van der Waals surface area contributed by atoms with Crippen molar-refractivity contribution in [1.29, 1.82) is 0 Å². The molecule has 0 unspecified atom stereocenters. The molecule has 0 aliphatic heterocycles. The Hall–Kier alpha value is -2.82. The van der Waals surface area contributed by atoms with Gasteiger partial charge in [-0.1, -0.05) is 31.5 Å². The number of carbonyl (C=O) groups is 1. The van der Waals surface area contributed by atoms with Gasteiger partial charge in [-0.25, -0.2) is 4.68 Å². The highest BCUT2D eigenvalue weighted by Crippen LogP contribution is 2.23. The van der Waals surface area contributed by atoms with Gasteiger partial charge in [-0.2, -0.15) is 5.10 Å². The molecule has 5 heteroatoms. The molecule has 0 atom stereocenters. The van der Waals surface area contributed by atoms with Crippen LogP contribution in [0.3, 0.4) is 0 Å². The van der Waals surface area contributed by atoms with Crippen LogP contribution in [0.2, 0.25) is 0 Å². The lowest BCUT2D eigenvalue weighted by Gasteiger charge is -2.12. The Labute approximate surface area is 154 Å². The third-order valence-corrected chi connectivity index (χ3v) is 4.40. The van der Waals surface area contributed by atoms with Crippen LogP contribution in [-0.2, 0) is 0 Å². The molecule has 2 heterocycles. The summed E-state index contributed by atoms with van der Waals surface area (Å²) in [6.45, 7) is 8.90. The zero-order valence-corrected chi connectivity index (χ0v) is 15.9. The maximum absolute atomic E-state index is 12.9. The zero-order valence-electron chi connectivity index (χ0n) is 15.9. The molecular weight excluding hydrogens is 324 g/mol. The Kier molecular flexibility index (Phi) is 5.26. The van der Waals surface area contributed by atoms with E-state index in [4.69, 9.17) is 0 Å². The predicted octanol–water partition coefficient (Wildman–Crippen LogP) is 4.06. The van der Waals surface area contributed by atoms with Crippen LogP contribution < -0.4 is 5.32 Å². The van der Waals surface area contributed by atoms with Crippen molar-refractivity contribution in [2.45, 2.75) is 34.1 Å². The van der Waals surface area contributed by atoms with E-state index in [-0.39, 0.29) is 5.91 Å². The molecule has 26 heavy (non-hydrogen) atoms. The van der Waals surface area contributed by atoms with Crippen LogP contribution in [0, 0.1) is 19.8 Å². The fraction of sp³-hybridized carbons (Fsp3) is 0.333. The maximum atomic E-state index is 12.9. The molecule has 2 aromatic heterocycles. The number of amides is 1. The van der Waals surface area contributed by atoms with E-state index in [2.05, 4.69) is 31.2 Å². The minimum atomic E-state index is -0.0785. The number of nitrogens with one attached hydrogen (secondary N) is 1. The normalized spacial score (nSPS) is 11.1. The summed E-state index contributed by atoms with van der Waals surface area (Å²) in [5, 5.41) is 7.71. The van der Waals surface area contributed by atoms with Crippen molar-refractivity contribution in [3.8, 4) is 11.5 Å². The number of aromatic nitrogens is 3. The number of aryl methyl sites for hydroxylation is 2. The summed E-state index contributed by atoms with van der Waals surface area (Å²) in [5.74, 6) is 1.24. The highest BCUT2D eigenvalue weighted by molar-refractivity contribution is 5.98. The molecule has 0 saturated carbocycles. The highest BCUT2D eigenvalue weighted by Gasteiger charge is 2.23. The largest absolute Gasteiger partial charge is 0.352 e. The molecule has 136 valence electrons. The van der Waals surface area contributed by atoms with E-state index in [0.29, 0.717) is 18.0 Å². The molecule has 3 aromatic rings. The number of hydrogen-bond acceptors (Lipinski definition) is 2. The van der Waals surface area contributed by atoms with Crippen molar-refractivity contribution in [3.63, 3.8) is 0 Å². The lowest BCUT2D eigenvalue weighted by atomic mass is 10.1. The zero-order chi connectivity index (χ0) is 18.7. The van der Waals surface area contributed by atoms with Crippen molar-refractivity contribution in [2.75, 3.05) is 6.54 Å². The first kappa shape index (κ1) is 18.0. The molecule has 5 nitrogen and oxygen atoms in total. The first-order valence-electron chi connectivity index (χ1n) is 9.05. The van der Waals surface area contributed by atoms with E-state index in [0.717, 1.165) is 23.6 Å². The van der Waals surface area contributed by atoms with Gasteiger partial charge in [-0.3, -0.25) is 4.79 Å². The second-order valence-corrected chi connectivity index (χ2v) is 7.06. The summed E-state index contributed by atoms with van der Waals surface area (Å²) in [5.41, 5.74) is 3.46. The Morgan fingerprint density at radius 1 is 1.12 bits per heavy atom. The van der Waals surface area contributed by atoms with Crippen LogP contribution in [0.25, 0.3) is 11.5 Å². The Bertz CT molecular complexity index is 874. The van der Waals surface area contributed by atoms with Gasteiger partial charge in [0, 0.05) is 18.9 Å². The van der Waals surface area contributed by atoms with Crippen LogP contribution >= 0.6 is 0 Å². The molecule has 1 N–H and O–H groups in total. The van der Waals surface area contributed by atoms with Crippen LogP contribution in [0.5, 0.6) is 0 Å². The monoisotopic (exact) mass is 350 g/mol. The molecule has 0 aliphatic rings. The standard InChI is InChI=1S/C21H26N4O/c1-15(2)11-12-22-20(26)19-17(4)23-25(18-9-7-16(3)8-10-18)21(19)24-13-5-6-14-24/h5-10,13-15H,11-12H2,1-4H3,(H,22,26). The Morgan fingerprint density at radius 3 is 2.38 bits per heavy atom. The lowest BCUT2D eigenvalue weighted by Crippen LogP contribution is -2.27. The maximum Gasteiger partial charge on any atom is 0.256 e. The van der Waals surface area contributed by atoms with Gasteiger partial charge < -0.3 is 9.88 Å². The molecule has 0 bridgehead atoms. The summed E-state index contributed by atoms with van der Waals surface area (Å²) in [4.78, 5) is 12.9. The third kappa shape index (κ3) is 3.72. The molecular formula is C21H26N4O. The molecule has 1 amide bonds. The van der Waals surface area contributed by atoms with Gasteiger partial charge in [0.05, 0.1) is 11.4 Å². The van der Waals surface area contributed by atoms with Crippen molar-refractivity contribution in [2.24, 2.45) is 5.92 Å². The first-order chi connectivity index (χ1) is 12.5. The van der Waals surface area contributed by atoms with E-state index in [1.165, 1.54) is 5.56 Å². The number of benzene rings is 1. The summed E-state index contributed by atoms with van der Waals surface area (Å²) in [7, 11) is 0. The minimum Gasteiger partial charge on any atom is -0.352 e. The molecule has 0 fully saturated rings. The molecule has 1 aromatic carbocycles. The van der Waals surface area contributed by atoms with E-state index < -0.39 is 0 Å². The summed E-state index contributed by atoms with van der Waals surface area (Å²) in [6, 6.07) is 12.0. The molecule has 0 aliphatic carbocycles. The fourth-order valence-electron chi connectivity index (χ4n) is 2.92.